The molecule has 0 aromatic heterocycles. The van der Waals surface area contributed by atoms with Crippen LogP contribution in [0.15, 0.2) is 0 Å². The van der Waals surface area contributed by atoms with Crippen LogP contribution in [0.25, 0.3) is 0 Å². The van der Waals surface area contributed by atoms with Gasteiger partial charge in [0, 0.05) is 32.6 Å². The van der Waals surface area contributed by atoms with Crippen molar-refractivity contribution < 1.29 is 4.79 Å². The lowest BCUT2D eigenvalue weighted by Crippen LogP contribution is -2.48. The Hall–Kier alpha value is -0.610. The number of rotatable bonds is 10. The summed E-state index contributed by atoms with van der Waals surface area (Å²) in [6.45, 7) is 8.10. The minimum Gasteiger partial charge on any atom is -0.340 e. The van der Waals surface area contributed by atoms with E-state index in [-0.39, 0.29) is 0 Å². The molecule has 2 N–H and O–H groups in total. The monoisotopic (exact) mass is 283 g/mol. The van der Waals surface area contributed by atoms with Crippen LogP contribution >= 0.6 is 0 Å². The minimum absolute atomic E-state index is 0.365. The molecule has 0 bridgehead atoms. The standard InChI is InChI=1S/C16H33N3O/c1-2-3-4-6-9-16(20)19-14-12-18(13-15-19)11-8-5-7-10-17/h2-15,17H2,1H3. The van der Waals surface area contributed by atoms with E-state index in [1.807, 2.05) is 0 Å². The second kappa shape index (κ2) is 11.1. The molecule has 0 radical (unpaired) electrons. The summed E-state index contributed by atoms with van der Waals surface area (Å²) in [6.07, 6.45) is 9.10. The van der Waals surface area contributed by atoms with Crippen molar-refractivity contribution in [1.29, 1.82) is 0 Å². The highest BCUT2D eigenvalue weighted by atomic mass is 16.2. The smallest absolute Gasteiger partial charge is 0.222 e. The fraction of sp³-hybridized carbons (Fsp3) is 0.938. The Balaban J connectivity index is 2.07. The van der Waals surface area contributed by atoms with Gasteiger partial charge in [0.25, 0.3) is 0 Å². The minimum atomic E-state index is 0.365. The van der Waals surface area contributed by atoms with Crippen LogP contribution in [0.4, 0.5) is 0 Å². The van der Waals surface area contributed by atoms with E-state index in [1.54, 1.807) is 0 Å². The van der Waals surface area contributed by atoms with E-state index in [1.165, 1.54) is 38.6 Å². The summed E-state index contributed by atoms with van der Waals surface area (Å²) in [5.74, 6) is 0.365. The Morgan fingerprint density at radius 2 is 1.65 bits per heavy atom. The van der Waals surface area contributed by atoms with E-state index in [2.05, 4.69) is 16.7 Å². The molecule has 1 aliphatic rings. The lowest BCUT2D eigenvalue weighted by atomic mass is 10.1. The molecule has 0 atom stereocenters. The average molecular weight is 283 g/mol. The number of amides is 1. The second-order valence-corrected chi connectivity index (χ2v) is 5.88. The van der Waals surface area contributed by atoms with Crippen molar-refractivity contribution in [3.05, 3.63) is 0 Å². The number of hydrogen-bond donors (Lipinski definition) is 1. The van der Waals surface area contributed by atoms with Crippen LogP contribution < -0.4 is 5.73 Å². The van der Waals surface area contributed by atoms with Crippen molar-refractivity contribution in [2.45, 2.75) is 58.3 Å². The predicted octanol–water partition coefficient (Wildman–Crippen LogP) is 2.23. The number of nitrogens with zero attached hydrogens (tertiary/aromatic N) is 2. The molecule has 1 heterocycles. The van der Waals surface area contributed by atoms with Crippen LogP contribution in [0.2, 0.25) is 0 Å². The molecule has 20 heavy (non-hydrogen) atoms. The van der Waals surface area contributed by atoms with E-state index < -0.39 is 0 Å². The van der Waals surface area contributed by atoms with Gasteiger partial charge in [-0.05, 0) is 32.4 Å². The first-order valence-electron chi connectivity index (χ1n) is 8.48. The van der Waals surface area contributed by atoms with Crippen molar-refractivity contribution in [2.75, 3.05) is 39.3 Å². The van der Waals surface area contributed by atoms with E-state index in [0.29, 0.717) is 5.91 Å². The zero-order valence-corrected chi connectivity index (χ0v) is 13.3. The van der Waals surface area contributed by atoms with Crippen molar-refractivity contribution in [2.24, 2.45) is 5.73 Å². The van der Waals surface area contributed by atoms with Gasteiger partial charge in [0.15, 0.2) is 0 Å². The van der Waals surface area contributed by atoms with Crippen molar-refractivity contribution >= 4 is 5.91 Å². The topological polar surface area (TPSA) is 49.6 Å². The number of unbranched alkanes of at least 4 members (excludes halogenated alkanes) is 5. The Morgan fingerprint density at radius 3 is 2.30 bits per heavy atom. The molecule has 118 valence electrons. The summed E-state index contributed by atoms with van der Waals surface area (Å²) < 4.78 is 0. The Labute approximate surface area is 124 Å². The molecule has 1 saturated heterocycles. The van der Waals surface area contributed by atoms with Crippen LogP contribution in [0.1, 0.15) is 58.3 Å². The van der Waals surface area contributed by atoms with Crippen molar-refractivity contribution in [3.8, 4) is 0 Å². The maximum absolute atomic E-state index is 12.1. The number of carbonyl (C=O) groups is 1. The van der Waals surface area contributed by atoms with Crippen LogP contribution in [-0.2, 0) is 4.79 Å². The van der Waals surface area contributed by atoms with Crippen LogP contribution in [-0.4, -0.2) is 55.0 Å². The van der Waals surface area contributed by atoms with Crippen molar-refractivity contribution in [1.82, 2.24) is 9.80 Å². The first kappa shape index (κ1) is 17.4. The van der Waals surface area contributed by atoms with E-state index >= 15 is 0 Å². The quantitative estimate of drug-likeness (QED) is 0.626. The third-order valence-corrected chi connectivity index (χ3v) is 4.15. The molecule has 1 aliphatic heterocycles. The summed E-state index contributed by atoms with van der Waals surface area (Å²) in [5.41, 5.74) is 5.50. The normalized spacial score (nSPS) is 16.6. The fourth-order valence-electron chi connectivity index (χ4n) is 2.74. The Morgan fingerprint density at radius 1 is 0.950 bits per heavy atom. The fourth-order valence-corrected chi connectivity index (χ4v) is 2.74. The number of piperazine rings is 1. The first-order chi connectivity index (χ1) is 9.77. The molecule has 0 spiro atoms. The highest BCUT2D eigenvalue weighted by Gasteiger charge is 2.19. The lowest BCUT2D eigenvalue weighted by Gasteiger charge is -2.34. The van der Waals surface area contributed by atoms with Crippen molar-refractivity contribution in [3.63, 3.8) is 0 Å². The summed E-state index contributed by atoms with van der Waals surface area (Å²) in [5, 5.41) is 0. The molecule has 0 aliphatic carbocycles. The Kier molecular flexibility index (Phi) is 9.67. The molecule has 1 fully saturated rings. The van der Waals surface area contributed by atoms with E-state index in [0.717, 1.165) is 52.0 Å². The molecule has 0 unspecified atom stereocenters. The number of hydrogen-bond acceptors (Lipinski definition) is 3. The summed E-state index contributed by atoms with van der Waals surface area (Å²) >= 11 is 0. The molecule has 1 rings (SSSR count). The Bertz CT molecular complexity index is 250. The second-order valence-electron chi connectivity index (χ2n) is 5.88. The predicted molar refractivity (Wildman–Crippen MR) is 84.7 cm³/mol. The molecule has 0 aromatic carbocycles. The van der Waals surface area contributed by atoms with Gasteiger partial charge in [-0.3, -0.25) is 9.69 Å². The van der Waals surface area contributed by atoms with E-state index in [9.17, 15) is 4.79 Å². The highest BCUT2D eigenvalue weighted by Crippen LogP contribution is 2.09. The SMILES string of the molecule is CCCCCCC(=O)N1CCN(CCCCCN)CC1. The van der Waals surface area contributed by atoms with Gasteiger partial charge < -0.3 is 10.6 Å². The van der Waals surface area contributed by atoms with Gasteiger partial charge in [-0.15, -0.1) is 0 Å². The molecule has 1 amide bonds. The van der Waals surface area contributed by atoms with Gasteiger partial charge in [0.1, 0.15) is 0 Å². The van der Waals surface area contributed by atoms with Gasteiger partial charge in [-0.2, -0.15) is 0 Å². The number of nitrogens with two attached hydrogens (primary N) is 1. The zero-order chi connectivity index (χ0) is 14.6. The average Bonchev–Trinajstić information content (AvgIpc) is 2.48. The van der Waals surface area contributed by atoms with Gasteiger partial charge in [0.05, 0.1) is 0 Å². The van der Waals surface area contributed by atoms with E-state index in [4.69, 9.17) is 5.73 Å². The third-order valence-electron chi connectivity index (χ3n) is 4.15. The summed E-state index contributed by atoms with van der Waals surface area (Å²) in [4.78, 5) is 16.6. The van der Waals surface area contributed by atoms with Gasteiger partial charge in [-0.1, -0.05) is 32.6 Å². The number of carbonyl (C=O) groups excluding carboxylic acids is 1. The molecule has 0 aromatic rings. The maximum atomic E-state index is 12.1. The lowest BCUT2D eigenvalue weighted by molar-refractivity contribution is -0.133. The zero-order valence-electron chi connectivity index (χ0n) is 13.3. The largest absolute Gasteiger partial charge is 0.340 e. The van der Waals surface area contributed by atoms with Crippen LogP contribution in [0.3, 0.4) is 0 Å². The van der Waals surface area contributed by atoms with Gasteiger partial charge in [0.2, 0.25) is 5.91 Å². The molecule has 4 nitrogen and oxygen atoms in total. The summed E-state index contributed by atoms with van der Waals surface area (Å²) in [6, 6.07) is 0. The van der Waals surface area contributed by atoms with Gasteiger partial charge in [-0.25, -0.2) is 0 Å². The molecular formula is C16H33N3O. The van der Waals surface area contributed by atoms with Crippen LogP contribution in [0, 0.1) is 0 Å². The molecule has 0 saturated carbocycles. The molecule has 4 heteroatoms. The van der Waals surface area contributed by atoms with Crippen LogP contribution in [0.5, 0.6) is 0 Å². The maximum Gasteiger partial charge on any atom is 0.222 e. The molecular weight excluding hydrogens is 250 g/mol. The first-order valence-corrected chi connectivity index (χ1v) is 8.48. The summed E-state index contributed by atoms with van der Waals surface area (Å²) in [7, 11) is 0. The third kappa shape index (κ3) is 7.25. The van der Waals surface area contributed by atoms with Gasteiger partial charge >= 0.3 is 0 Å². The highest BCUT2D eigenvalue weighted by molar-refractivity contribution is 5.76.